The first-order chi connectivity index (χ1) is 7.98. The SMILES string of the molecule is Cc1cc(C)n(CC(=O)NCC2(N)CCC2)n1.Cl.Cl. The number of amides is 1. The summed E-state index contributed by atoms with van der Waals surface area (Å²) in [6, 6.07) is 1.96. The van der Waals surface area contributed by atoms with E-state index in [1.807, 2.05) is 19.9 Å². The van der Waals surface area contributed by atoms with Gasteiger partial charge in [-0.2, -0.15) is 5.10 Å². The lowest BCUT2D eigenvalue weighted by Gasteiger charge is -2.38. The van der Waals surface area contributed by atoms with E-state index >= 15 is 0 Å². The van der Waals surface area contributed by atoms with E-state index in [1.54, 1.807) is 4.68 Å². The maximum absolute atomic E-state index is 11.7. The van der Waals surface area contributed by atoms with E-state index in [-0.39, 0.29) is 42.8 Å². The summed E-state index contributed by atoms with van der Waals surface area (Å²) in [5, 5.41) is 7.14. The van der Waals surface area contributed by atoms with Crippen molar-refractivity contribution in [2.75, 3.05) is 6.54 Å². The molecule has 1 heterocycles. The molecule has 19 heavy (non-hydrogen) atoms. The van der Waals surface area contributed by atoms with Crippen LogP contribution in [0.3, 0.4) is 0 Å². The van der Waals surface area contributed by atoms with Crippen LogP contribution in [0.1, 0.15) is 30.7 Å². The van der Waals surface area contributed by atoms with Crippen LogP contribution in [0.15, 0.2) is 6.07 Å². The van der Waals surface area contributed by atoms with E-state index in [0.717, 1.165) is 24.2 Å². The number of hydrogen-bond donors (Lipinski definition) is 2. The first kappa shape index (κ1) is 18.2. The standard InChI is InChI=1S/C12H20N4O.2ClH/c1-9-6-10(2)16(15-9)7-11(17)14-8-12(13)4-3-5-12;;/h6H,3-5,7-8,13H2,1-2H3,(H,14,17);2*1H. The Balaban J connectivity index is 0.00000162. The smallest absolute Gasteiger partial charge is 0.241 e. The molecule has 1 aliphatic carbocycles. The van der Waals surface area contributed by atoms with E-state index in [0.29, 0.717) is 6.54 Å². The van der Waals surface area contributed by atoms with E-state index in [1.165, 1.54) is 6.42 Å². The van der Waals surface area contributed by atoms with Crippen molar-refractivity contribution in [3.8, 4) is 0 Å². The number of nitrogens with zero attached hydrogens (tertiary/aromatic N) is 2. The van der Waals surface area contributed by atoms with Crippen LogP contribution < -0.4 is 11.1 Å². The van der Waals surface area contributed by atoms with Gasteiger partial charge < -0.3 is 11.1 Å². The number of aromatic nitrogens is 2. The molecule has 0 bridgehead atoms. The minimum Gasteiger partial charge on any atom is -0.353 e. The first-order valence-corrected chi connectivity index (χ1v) is 6.05. The van der Waals surface area contributed by atoms with Gasteiger partial charge in [-0.1, -0.05) is 0 Å². The molecule has 2 rings (SSSR count). The topological polar surface area (TPSA) is 72.9 Å². The molecule has 0 spiro atoms. The first-order valence-electron chi connectivity index (χ1n) is 6.05. The number of nitrogens with one attached hydrogen (secondary N) is 1. The Morgan fingerprint density at radius 3 is 2.53 bits per heavy atom. The molecule has 0 aromatic carbocycles. The van der Waals surface area contributed by atoms with E-state index in [2.05, 4.69) is 10.4 Å². The number of hydrogen-bond acceptors (Lipinski definition) is 3. The normalized spacial score (nSPS) is 15.7. The molecule has 110 valence electrons. The Bertz CT molecular complexity index is 429. The van der Waals surface area contributed by atoms with Crippen LogP contribution in [-0.4, -0.2) is 27.8 Å². The lowest BCUT2D eigenvalue weighted by atomic mass is 9.78. The van der Waals surface area contributed by atoms with Crippen LogP contribution in [0.25, 0.3) is 0 Å². The number of halogens is 2. The van der Waals surface area contributed by atoms with Crippen LogP contribution in [0, 0.1) is 13.8 Å². The number of carbonyl (C=O) groups is 1. The molecule has 1 aliphatic rings. The highest BCUT2D eigenvalue weighted by Crippen LogP contribution is 2.27. The molecule has 5 nitrogen and oxygen atoms in total. The molecule has 0 unspecified atom stereocenters. The van der Waals surface area contributed by atoms with E-state index in [4.69, 9.17) is 5.73 Å². The fraction of sp³-hybridized carbons (Fsp3) is 0.667. The second-order valence-corrected chi connectivity index (χ2v) is 5.08. The van der Waals surface area contributed by atoms with Gasteiger partial charge in [0.2, 0.25) is 5.91 Å². The number of aryl methyl sites for hydroxylation is 2. The van der Waals surface area contributed by atoms with Gasteiger partial charge in [0.25, 0.3) is 0 Å². The van der Waals surface area contributed by atoms with Crippen molar-refractivity contribution in [1.29, 1.82) is 0 Å². The Labute approximate surface area is 126 Å². The van der Waals surface area contributed by atoms with Gasteiger partial charge in [-0.05, 0) is 39.2 Å². The van der Waals surface area contributed by atoms with Crippen LogP contribution >= 0.6 is 24.8 Å². The highest BCUT2D eigenvalue weighted by Gasteiger charge is 2.32. The third kappa shape index (κ3) is 4.67. The van der Waals surface area contributed by atoms with Crippen LogP contribution in [0.2, 0.25) is 0 Å². The zero-order valence-electron chi connectivity index (χ0n) is 11.3. The van der Waals surface area contributed by atoms with Gasteiger partial charge >= 0.3 is 0 Å². The van der Waals surface area contributed by atoms with Gasteiger partial charge in [-0.15, -0.1) is 24.8 Å². The molecule has 1 aromatic rings. The molecule has 0 radical (unpaired) electrons. The minimum atomic E-state index is -0.162. The minimum absolute atomic E-state index is 0. The Morgan fingerprint density at radius 2 is 2.11 bits per heavy atom. The van der Waals surface area contributed by atoms with Gasteiger partial charge in [0.05, 0.1) is 5.69 Å². The van der Waals surface area contributed by atoms with Crippen LogP contribution in [0.4, 0.5) is 0 Å². The van der Waals surface area contributed by atoms with Crippen molar-refractivity contribution < 1.29 is 4.79 Å². The molecule has 0 atom stereocenters. The quantitative estimate of drug-likeness (QED) is 0.881. The highest BCUT2D eigenvalue weighted by atomic mass is 35.5. The van der Waals surface area contributed by atoms with Gasteiger partial charge in [-0.25, -0.2) is 0 Å². The average Bonchev–Trinajstić information content (AvgIpc) is 2.52. The third-order valence-corrected chi connectivity index (χ3v) is 3.38. The van der Waals surface area contributed by atoms with Gasteiger partial charge in [0, 0.05) is 17.8 Å². The molecular weight excluding hydrogens is 287 g/mol. The second kappa shape index (κ2) is 7.12. The predicted molar refractivity (Wildman–Crippen MR) is 80.0 cm³/mol. The van der Waals surface area contributed by atoms with Crippen molar-refractivity contribution in [1.82, 2.24) is 15.1 Å². The number of carbonyl (C=O) groups excluding carboxylic acids is 1. The maximum Gasteiger partial charge on any atom is 0.241 e. The second-order valence-electron chi connectivity index (χ2n) is 5.08. The van der Waals surface area contributed by atoms with Crippen molar-refractivity contribution in [3.63, 3.8) is 0 Å². The molecule has 1 saturated carbocycles. The summed E-state index contributed by atoms with van der Waals surface area (Å²) in [6.45, 7) is 4.72. The van der Waals surface area contributed by atoms with Crippen molar-refractivity contribution in [3.05, 3.63) is 17.5 Å². The fourth-order valence-corrected chi connectivity index (χ4v) is 2.11. The van der Waals surface area contributed by atoms with E-state index in [9.17, 15) is 4.79 Å². The Morgan fingerprint density at radius 1 is 1.47 bits per heavy atom. The van der Waals surface area contributed by atoms with E-state index < -0.39 is 0 Å². The predicted octanol–water partition coefficient (Wildman–Crippen LogP) is 1.34. The maximum atomic E-state index is 11.7. The lowest BCUT2D eigenvalue weighted by Crippen LogP contribution is -2.55. The molecule has 0 saturated heterocycles. The van der Waals surface area contributed by atoms with Crippen molar-refractivity contribution >= 4 is 30.7 Å². The van der Waals surface area contributed by atoms with Crippen molar-refractivity contribution in [2.45, 2.75) is 45.2 Å². The summed E-state index contributed by atoms with van der Waals surface area (Å²) in [7, 11) is 0. The summed E-state index contributed by atoms with van der Waals surface area (Å²) < 4.78 is 1.72. The molecule has 1 aromatic heterocycles. The monoisotopic (exact) mass is 308 g/mol. The third-order valence-electron chi connectivity index (χ3n) is 3.38. The summed E-state index contributed by atoms with van der Waals surface area (Å²) in [6.07, 6.45) is 3.18. The number of nitrogens with two attached hydrogens (primary N) is 1. The molecule has 3 N–H and O–H groups in total. The van der Waals surface area contributed by atoms with Gasteiger partial charge in [0.1, 0.15) is 6.54 Å². The largest absolute Gasteiger partial charge is 0.353 e. The molecular formula is C12H22Cl2N4O. The zero-order valence-corrected chi connectivity index (χ0v) is 12.9. The number of rotatable bonds is 4. The zero-order chi connectivity index (χ0) is 12.5. The molecule has 1 fully saturated rings. The molecule has 0 aliphatic heterocycles. The van der Waals surface area contributed by atoms with Crippen LogP contribution in [0.5, 0.6) is 0 Å². The van der Waals surface area contributed by atoms with Gasteiger partial charge in [-0.3, -0.25) is 9.48 Å². The average molecular weight is 309 g/mol. The highest BCUT2D eigenvalue weighted by molar-refractivity contribution is 5.85. The molecule has 1 amide bonds. The Kier molecular flexibility index (Phi) is 6.83. The summed E-state index contributed by atoms with van der Waals surface area (Å²) >= 11 is 0. The van der Waals surface area contributed by atoms with Crippen molar-refractivity contribution in [2.24, 2.45) is 5.73 Å². The Hall–Kier alpha value is -0.780. The molecule has 7 heteroatoms. The van der Waals surface area contributed by atoms with Crippen LogP contribution in [-0.2, 0) is 11.3 Å². The van der Waals surface area contributed by atoms with Gasteiger partial charge in [0.15, 0.2) is 0 Å². The summed E-state index contributed by atoms with van der Waals surface area (Å²) in [5.74, 6) is -0.0204. The lowest BCUT2D eigenvalue weighted by molar-refractivity contribution is -0.122. The summed E-state index contributed by atoms with van der Waals surface area (Å²) in [4.78, 5) is 11.7. The summed E-state index contributed by atoms with van der Waals surface area (Å²) in [5.41, 5.74) is 7.82. The fourth-order valence-electron chi connectivity index (χ4n) is 2.11.